The van der Waals surface area contributed by atoms with Crippen molar-refractivity contribution < 1.29 is 17.6 Å². The van der Waals surface area contributed by atoms with E-state index in [1.807, 2.05) is 19.1 Å². The van der Waals surface area contributed by atoms with Crippen LogP contribution in [-0.4, -0.2) is 27.1 Å². The first-order valence-electron chi connectivity index (χ1n) is 8.31. The zero-order valence-electron chi connectivity index (χ0n) is 14.9. The molecule has 1 N–H and O–H groups in total. The largest absolute Gasteiger partial charge is 0.352 e. The summed E-state index contributed by atoms with van der Waals surface area (Å²) < 4.78 is 38.5. The molecular formula is C19H23FN2O3S. The van der Waals surface area contributed by atoms with E-state index in [1.165, 1.54) is 16.4 Å². The molecule has 0 saturated carbocycles. The number of hydrogen-bond donors (Lipinski definition) is 1. The predicted molar refractivity (Wildman–Crippen MR) is 101 cm³/mol. The zero-order chi connectivity index (χ0) is 19.2. The third kappa shape index (κ3) is 6.15. The third-order valence-electron chi connectivity index (χ3n) is 3.87. The highest BCUT2D eigenvalue weighted by atomic mass is 32.2. The van der Waals surface area contributed by atoms with Crippen molar-refractivity contribution in [2.24, 2.45) is 0 Å². The van der Waals surface area contributed by atoms with Gasteiger partial charge in [-0.25, -0.2) is 12.8 Å². The number of nitrogens with zero attached hydrogens (tertiary/aromatic N) is 1. The Morgan fingerprint density at radius 1 is 1.15 bits per heavy atom. The van der Waals surface area contributed by atoms with Gasteiger partial charge in [0.15, 0.2) is 0 Å². The van der Waals surface area contributed by atoms with Crippen molar-refractivity contribution in [2.45, 2.75) is 26.3 Å². The molecule has 140 valence electrons. The van der Waals surface area contributed by atoms with Crippen molar-refractivity contribution in [1.82, 2.24) is 5.32 Å². The van der Waals surface area contributed by atoms with E-state index < -0.39 is 10.0 Å². The molecule has 0 aliphatic rings. The number of nitrogens with one attached hydrogen (secondary N) is 1. The number of rotatable bonds is 8. The molecule has 0 aromatic heterocycles. The number of carbonyl (C=O) groups excluding carboxylic acids is 1. The molecule has 5 nitrogen and oxygen atoms in total. The van der Waals surface area contributed by atoms with Gasteiger partial charge < -0.3 is 5.32 Å². The van der Waals surface area contributed by atoms with Crippen LogP contribution in [0.1, 0.15) is 24.0 Å². The first kappa shape index (κ1) is 19.9. The molecule has 0 atom stereocenters. The molecule has 2 aromatic carbocycles. The number of benzene rings is 2. The second-order valence-electron chi connectivity index (χ2n) is 6.18. The van der Waals surface area contributed by atoms with E-state index >= 15 is 0 Å². The molecule has 0 aliphatic carbocycles. The quantitative estimate of drug-likeness (QED) is 0.768. The number of sulfonamides is 1. The predicted octanol–water partition coefficient (Wildman–Crippen LogP) is 3.00. The lowest BCUT2D eigenvalue weighted by molar-refractivity contribution is -0.121. The number of aryl methyl sites for hydroxylation is 1. The van der Waals surface area contributed by atoms with Crippen LogP contribution in [0.2, 0.25) is 0 Å². The summed E-state index contributed by atoms with van der Waals surface area (Å²) in [5.74, 6) is -0.551. The molecule has 0 saturated heterocycles. The minimum atomic E-state index is -3.43. The van der Waals surface area contributed by atoms with Crippen LogP contribution in [-0.2, 0) is 21.4 Å². The topological polar surface area (TPSA) is 66.5 Å². The van der Waals surface area contributed by atoms with Gasteiger partial charge in [-0.15, -0.1) is 0 Å². The maximum Gasteiger partial charge on any atom is 0.232 e. The van der Waals surface area contributed by atoms with E-state index in [1.54, 1.807) is 24.3 Å². The van der Waals surface area contributed by atoms with Gasteiger partial charge in [-0.1, -0.05) is 29.8 Å². The average molecular weight is 378 g/mol. The van der Waals surface area contributed by atoms with Gasteiger partial charge in [0.05, 0.1) is 11.9 Å². The van der Waals surface area contributed by atoms with Crippen molar-refractivity contribution in [3.05, 3.63) is 65.5 Å². The lowest BCUT2D eigenvalue weighted by atomic mass is 10.2. The summed E-state index contributed by atoms with van der Waals surface area (Å²) in [6.45, 7) is 2.39. The first-order chi connectivity index (χ1) is 12.3. The minimum absolute atomic E-state index is 0.188. The van der Waals surface area contributed by atoms with Gasteiger partial charge in [0.25, 0.3) is 0 Å². The number of anilines is 1. The number of halogens is 1. The Hall–Kier alpha value is -2.41. The van der Waals surface area contributed by atoms with Gasteiger partial charge >= 0.3 is 0 Å². The van der Waals surface area contributed by atoms with Gasteiger partial charge in [-0.05, 0) is 43.2 Å². The normalized spacial score (nSPS) is 11.2. The van der Waals surface area contributed by atoms with Gasteiger partial charge in [0.1, 0.15) is 5.82 Å². The molecule has 1 amide bonds. The zero-order valence-corrected chi connectivity index (χ0v) is 15.7. The number of amides is 1. The van der Waals surface area contributed by atoms with Crippen LogP contribution >= 0.6 is 0 Å². The summed E-state index contributed by atoms with van der Waals surface area (Å²) in [7, 11) is -3.43. The van der Waals surface area contributed by atoms with Gasteiger partial charge in [-0.2, -0.15) is 0 Å². The molecule has 7 heteroatoms. The Kier molecular flexibility index (Phi) is 6.74. The molecule has 0 spiro atoms. The standard InChI is InChI=1S/C19H23FN2O3S/c1-15-8-10-18(11-9-15)22(26(2,24)25)12-4-7-19(23)21-14-16-5-3-6-17(20)13-16/h3,5-6,8-11,13H,4,7,12,14H2,1-2H3,(H,21,23). The van der Waals surface area contributed by atoms with E-state index in [9.17, 15) is 17.6 Å². The molecule has 0 unspecified atom stereocenters. The second-order valence-corrected chi connectivity index (χ2v) is 8.09. The molecule has 0 heterocycles. The fraction of sp³-hybridized carbons (Fsp3) is 0.316. The van der Waals surface area contributed by atoms with E-state index in [4.69, 9.17) is 0 Å². The molecule has 2 aromatic rings. The molecular weight excluding hydrogens is 355 g/mol. The SMILES string of the molecule is Cc1ccc(N(CCCC(=O)NCc2cccc(F)c2)S(C)(=O)=O)cc1. The highest BCUT2D eigenvalue weighted by molar-refractivity contribution is 7.92. The molecule has 0 bridgehead atoms. The average Bonchev–Trinajstić information content (AvgIpc) is 2.57. The fourth-order valence-electron chi connectivity index (χ4n) is 2.52. The van der Waals surface area contributed by atoms with Gasteiger partial charge in [0.2, 0.25) is 15.9 Å². The van der Waals surface area contributed by atoms with E-state index in [0.717, 1.165) is 11.8 Å². The van der Waals surface area contributed by atoms with Crippen molar-refractivity contribution in [2.75, 3.05) is 17.1 Å². The van der Waals surface area contributed by atoms with Crippen molar-refractivity contribution >= 4 is 21.6 Å². The Morgan fingerprint density at radius 2 is 1.85 bits per heavy atom. The van der Waals surface area contributed by atoms with Crippen LogP contribution in [0.5, 0.6) is 0 Å². The summed E-state index contributed by atoms with van der Waals surface area (Å²) in [5, 5.41) is 2.71. The summed E-state index contributed by atoms with van der Waals surface area (Å²) in [5.41, 5.74) is 2.30. The summed E-state index contributed by atoms with van der Waals surface area (Å²) in [6.07, 6.45) is 1.72. The summed E-state index contributed by atoms with van der Waals surface area (Å²) in [6, 6.07) is 13.2. The van der Waals surface area contributed by atoms with Crippen LogP contribution in [0.3, 0.4) is 0 Å². The van der Waals surface area contributed by atoms with Crippen LogP contribution in [0, 0.1) is 12.7 Å². The maximum atomic E-state index is 13.1. The Morgan fingerprint density at radius 3 is 2.46 bits per heavy atom. The van der Waals surface area contributed by atoms with Crippen LogP contribution in [0.25, 0.3) is 0 Å². The molecule has 26 heavy (non-hydrogen) atoms. The van der Waals surface area contributed by atoms with Crippen molar-refractivity contribution in [3.8, 4) is 0 Å². The van der Waals surface area contributed by atoms with Gasteiger partial charge in [-0.3, -0.25) is 9.10 Å². The summed E-state index contributed by atoms with van der Waals surface area (Å²) in [4.78, 5) is 11.9. The highest BCUT2D eigenvalue weighted by Crippen LogP contribution is 2.18. The monoisotopic (exact) mass is 378 g/mol. The minimum Gasteiger partial charge on any atom is -0.352 e. The molecule has 0 fully saturated rings. The fourth-order valence-corrected chi connectivity index (χ4v) is 3.48. The van der Waals surface area contributed by atoms with Crippen molar-refractivity contribution in [3.63, 3.8) is 0 Å². The van der Waals surface area contributed by atoms with Crippen LogP contribution in [0.15, 0.2) is 48.5 Å². The van der Waals surface area contributed by atoms with Crippen LogP contribution in [0.4, 0.5) is 10.1 Å². The molecule has 2 rings (SSSR count). The highest BCUT2D eigenvalue weighted by Gasteiger charge is 2.17. The first-order valence-corrected chi connectivity index (χ1v) is 10.2. The smallest absolute Gasteiger partial charge is 0.232 e. The number of hydrogen-bond acceptors (Lipinski definition) is 3. The Labute approximate surface area is 153 Å². The third-order valence-corrected chi connectivity index (χ3v) is 5.06. The molecule has 0 radical (unpaired) electrons. The van der Waals surface area contributed by atoms with Crippen LogP contribution < -0.4 is 9.62 Å². The summed E-state index contributed by atoms with van der Waals surface area (Å²) >= 11 is 0. The molecule has 0 aliphatic heterocycles. The van der Waals surface area contributed by atoms with E-state index in [2.05, 4.69) is 5.32 Å². The maximum absolute atomic E-state index is 13.1. The number of carbonyl (C=O) groups is 1. The van der Waals surface area contributed by atoms with E-state index in [0.29, 0.717) is 17.7 Å². The van der Waals surface area contributed by atoms with Gasteiger partial charge in [0, 0.05) is 19.5 Å². The second kappa shape index (κ2) is 8.80. The Bertz CT molecular complexity index is 851. The Balaban J connectivity index is 1.87. The van der Waals surface area contributed by atoms with Crippen molar-refractivity contribution in [1.29, 1.82) is 0 Å². The van der Waals surface area contributed by atoms with E-state index in [-0.39, 0.29) is 31.2 Å². The lowest BCUT2D eigenvalue weighted by Gasteiger charge is -2.22. The lowest BCUT2D eigenvalue weighted by Crippen LogP contribution is -2.32.